The fraction of sp³-hybridized carbons (Fsp3) is 0.538. The molecule has 4 heteroatoms. The zero-order valence-corrected chi connectivity index (χ0v) is 12.1. The summed E-state index contributed by atoms with van der Waals surface area (Å²) in [6.07, 6.45) is -0.407. The Morgan fingerprint density at radius 2 is 2.06 bits per heavy atom. The predicted octanol–water partition coefficient (Wildman–Crippen LogP) is 3.13. The molecule has 0 amide bonds. The number of nitrogens with one attached hydrogen (secondary N) is 1. The average Bonchev–Trinajstić information content (AvgIpc) is 2.27. The van der Waals surface area contributed by atoms with Crippen molar-refractivity contribution in [1.82, 2.24) is 0 Å². The van der Waals surface area contributed by atoms with E-state index in [4.69, 9.17) is 4.74 Å². The molecule has 1 aliphatic rings. The molecule has 0 aliphatic carbocycles. The lowest BCUT2D eigenvalue weighted by Gasteiger charge is -2.42. The number of rotatable bonds is 1. The molecule has 0 spiro atoms. The van der Waals surface area contributed by atoms with Crippen LogP contribution in [0.3, 0.4) is 0 Å². The first-order valence-corrected chi connectivity index (χ1v) is 6.50. The van der Waals surface area contributed by atoms with Crippen molar-refractivity contribution in [2.24, 2.45) is 0 Å². The largest absolute Gasteiger partial charge is 0.495 e. The van der Waals surface area contributed by atoms with E-state index in [0.29, 0.717) is 0 Å². The highest BCUT2D eigenvalue weighted by Gasteiger charge is 2.38. The molecule has 2 N–H and O–H groups in total. The van der Waals surface area contributed by atoms with Gasteiger partial charge in [-0.2, -0.15) is 0 Å². The summed E-state index contributed by atoms with van der Waals surface area (Å²) in [5.41, 5.74) is 1.82. The van der Waals surface area contributed by atoms with Crippen LogP contribution in [-0.2, 0) is 0 Å². The number of ether oxygens (including phenoxy) is 1. The minimum absolute atomic E-state index is 0.100. The molecule has 1 aromatic carbocycles. The highest BCUT2D eigenvalue weighted by molar-refractivity contribution is 9.10. The number of aliphatic hydroxyl groups excluding tert-OH is 1. The Kier molecular flexibility index (Phi) is 3.12. The lowest BCUT2D eigenvalue weighted by atomic mass is 9.79. The number of aliphatic hydroxyl groups is 1. The summed E-state index contributed by atoms with van der Waals surface area (Å²) >= 11 is 3.48. The number of benzene rings is 1. The third kappa shape index (κ3) is 2.04. The second-order valence-corrected chi connectivity index (χ2v) is 6.01. The van der Waals surface area contributed by atoms with Crippen molar-refractivity contribution < 1.29 is 9.84 Å². The molecule has 3 nitrogen and oxygen atoms in total. The van der Waals surface area contributed by atoms with Gasteiger partial charge < -0.3 is 15.2 Å². The van der Waals surface area contributed by atoms with E-state index in [-0.39, 0.29) is 11.5 Å². The molecule has 0 bridgehead atoms. The van der Waals surface area contributed by atoms with E-state index in [0.717, 1.165) is 21.5 Å². The van der Waals surface area contributed by atoms with E-state index in [1.807, 2.05) is 32.9 Å². The number of anilines is 1. The quantitative estimate of drug-likeness (QED) is 0.837. The van der Waals surface area contributed by atoms with Gasteiger partial charge in [-0.1, -0.05) is 6.92 Å². The summed E-state index contributed by atoms with van der Waals surface area (Å²) in [5, 5.41) is 13.6. The molecule has 2 unspecified atom stereocenters. The van der Waals surface area contributed by atoms with Crippen LogP contribution >= 0.6 is 15.9 Å². The Morgan fingerprint density at radius 1 is 1.41 bits per heavy atom. The van der Waals surface area contributed by atoms with Crippen molar-refractivity contribution in [3.8, 4) is 5.75 Å². The van der Waals surface area contributed by atoms with E-state index in [1.165, 1.54) is 0 Å². The molecule has 17 heavy (non-hydrogen) atoms. The van der Waals surface area contributed by atoms with Crippen molar-refractivity contribution in [2.75, 3.05) is 12.4 Å². The fourth-order valence-corrected chi connectivity index (χ4v) is 2.95. The smallest absolute Gasteiger partial charge is 0.135 e. The van der Waals surface area contributed by atoms with Crippen molar-refractivity contribution in [3.05, 3.63) is 22.2 Å². The van der Waals surface area contributed by atoms with Crippen LogP contribution in [0.1, 0.15) is 32.3 Å². The normalized spacial score (nSPS) is 26.0. The van der Waals surface area contributed by atoms with Crippen molar-refractivity contribution in [2.45, 2.75) is 38.3 Å². The molecule has 1 aromatic rings. The highest BCUT2D eigenvalue weighted by Crippen LogP contribution is 2.43. The molecule has 1 heterocycles. The average molecular weight is 300 g/mol. The van der Waals surface area contributed by atoms with Gasteiger partial charge in [0.15, 0.2) is 0 Å². The van der Waals surface area contributed by atoms with Gasteiger partial charge in [-0.15, -0.1) is 0 Å². The number of hydrogen-bond donors (Lipinski definition) is 2. The molecule has 0 fully saturated rings. The third-order valence-electron chi connectivity index (χ3n) is 3.48. The Morgan fingerprint density at radius 3 is 2.65 bits per heavy atom. The third-order valence-corrected chi connectivity index (χ3v) is 4.10. The molecular formula is C13H18BrNO2. The number of hydrogen-bond acceptors (Lipinski definition) is 3. The molecule has 0 saturated carbocycles. The van der Waals surface area contributed by atoms with Crippen LogP contribution in [-0.4, -0.2) is 23.9 Å². The molecule has 0 radical (unpaired) electrons. The van der Waals surface area contributed by atoms with Crippen molar-refractivity contribution >= 4 is 21.6 Å². The van der Waals surface area contributed by atoms with Crippen molar-refractivity contribution in [1.29, 1.82) is 0 Å². The van der Waals surface area contributed by atoms with Crippen LogP contribution in [0.5, 0.6) is 5.75 Å². The Balaban J connectivity index is 2.53. The predicted molar refractivity (Wildman–Crippen MR) is 72.8 cm³/mol. The van der Waals surface area contributed by atoms with Gasteiger partial charge in [0, 0.05) is 17.7 Å². The molecular weight excluding hydrogens is 282 g/mol. The van der Waals surface area contributed by atoms with Gasteiger partial charge in [-0.05, 0) is 41.4 Å². The van der Waals surface area contributed by atoms with Crippen LogP contribution in [0.15, 0.2) is 16.6 Å². The van der Waals surface area contributed by atoms with E-state index >= 15 is 0 Å². The van der Waals surface area contributed by atoms with Crippen LogP contribution in [0, 0.1) is 0 Å². The van der Waals surface area contributed by atoms with Crippen LogP contribution in [0.4, 0.5) is 5.69 Å². The lowest BCUT2D eigenvalue weighted by Crippen LogP contribution is -2.49. The Hall–Kier alpha value is -0.740. The maximum Gasteiger partial charge on any atom is 0.135 e. The zero-order chi connectivity index (χ0) is 12.8. The van der Waals surface area contributed by atoms with E-state index < -0.39 is 6.10 Å². The number of halogens is 1. The van der Waals surface area contributed by atoms with Crippen LogP contribution in [0.2, 0.25) is 0 Å². The summed E-state index contributed by atoms with van der Waals surface area (Å²) in [6, 6.07) is 3.99. The minimum Gasteiger partial charge on any atom is -0.495 e. The first-order valence-electron chi connectivity index (χ1n) is 5.70. The van der Waals surface area contributed by atoms with E-state index in [2.05, 4.69) is 21.2 Å². The van der Waals surface area contributed by atoms with Crippen LogP contribution < -0.4 is 10.1 Å². The summed E-state index contributed by atoms with van der Waals surface area (Å²) in [7, 11) is 1.65. The summed E-state index contributed by atoms with van der Waals surface area (Å²) in [4.78, 5) is 0. The topological polar surface area (TPSA) is 41.5 Å². The Labute approximate surface area is 110 Å². The summed E-state index contributed by atoms with van der Waals surface area (Å²) in [6.45, 7) is 6.06. The summed E-state index contributed by atoms with van der Waals surface area (Å²) < 4.78 is 6.21. The lowest BCUT2D eigenvalue weighted by molar-refractivity contribution is 0.0868. The van der Waals surface area contributed by atoms with Gasteiger partial charge in [0.2, 0.25) is 0 Å². The standard InChI is InChI=1S/C13H18BrNO2/c1-7-8-5-9(14)11(17-4)6-10(8)15-13(2,3)12(7)16/h5-7,12,15-16H,1-4H3. The number of methoxy groups -OCH3 is 1. The van der Waals surface area contributed by atoms with E-state index in [1.54, 1.807) is 7.11 Å². The first-order chi connectivity index (χ1) is 7.86. The molecule has 0 aromatic heterocycles. The van der Waals surface area contributed by atoms with Gasteiger partial charge in [0.1, 0.15) is 5.75 Å². The van der Waals surface area contributed by atoms with Gasteiger partial charge in [0.05, 0.1) is 23.2 Å². The highest BCUT2D eigenvalue weighted by atomic mass is 79.9. The SMILES string of the molecule is COc1cc2c(cc1Br)C(C)C(O)C(C)(C)N2. The molecule has 0 saturated heterocycles. The molecule has 94 valence electrons. The van der Waals surface area contributed by atoms with Gasteiger partial charge in [-0.25, -0.2) is 0 Å². The fourth-order valence-electron chi connectivity index (χ4n) is 2.43. The second kappa shape index (κ2) is 4.18. The van der Waals surface area contributed by atoms with Crippen LogP contribution in [0.25, 0.3) is 0 Å². The Bertz CT molecular complexity index is 445. The zero-order valence-electron chi connectivity index (χ0n) is 10.5. The first kappa shape index (κ1) is 12.7. The summed E-state index contributed by atoms with van der Waals surface area (Å²) in [5.74, 6) is 0.902. The second-order valence-electron chi connectivity index (χ2n) is 5.15. The monoisotopic (exact) mass is 299 g/mol. The molecule has 2 atom stereocenters. The van der Waals surface area contributed by atoms with Crippen molar-refractivity contribution in [3.63, 3.8) is 0 Å². The van der Waals surface area contributed by atoms with Gasteiger partial charge in [-0.3, -0.25) is 0 Å². The van der Waals surface area contributed by atoms with Gasteiger partial charge >= 0.3 is 0 Å². The molecule has 1 aliphatic heterocycles. The number of fused-ring (bicyclic) bond motifs is 1. The minimum atomic E-state index is -0.407. The maximum atomic E-state index is 10.3. The molecule has 2 rings (SSSR count). The maximum absolute atomic E-state index is 10.3. The van der Waals surface area contributed by atoms with Gasteiger partial charge in [0.25, 0.3) is 0 Å². The van der Waals surface area contributed by atoms with E-state index in [9.17, 15) is 5.11 Å².